The first kappa shape index (κ1) is 17.9. The first-order valence-corrected chi connectivity index (χ1v) is 9.33. The number of aryl methyl sites for hydroxylation is 1. The summed E-state index contributed by atoms with van der Waals surface area (Å²) in [7, 11) is 1.66. The molecule has 4 rings (SSSR count). The van der Waals surface area contributed by atoms with Gasteiger partial charge in [0.1, 0.15) is 0 Å². The van der Waals surface area contributed by atoms with Crippen LogP contribution in [0.25, 0.3) is 22.3 Å². The maximum absolute atomic E-state index is 12.6. The summed E-state index contributed by atoms with van der Waals surface area (Å²) in [6, 6.07) is 14.3. The Morgan fingerprint density at radius 2 is 1.89 bits per heavy atom. The predicted molar refractivity (Wildman–Crippen MR) is 109 cm³/mol. The van der Waals surface area contributed by atoms with E-state index in [1.165, 1.54) is 11.5 Å². The molecule has 0 aliphatic rings. The molecule has 0 atom stereocenters. The summed E-state index contributed by atoms with van der Waals surface area (Å²) < 4.78 is 1.48. The van der Waals surface area contributed by atoms with Crippen molar-refractivity contribution in [1.82, 2.24) is 14.5 Å². The van der Waals surface area contributed by atoms with Gasteiger partial charge in [-0.1, -0.05) is 41.7 Å². The van der Waals surface area contributed by atoms with Gasteiger partial charge < -0.3 is 4.98 Å². The molecule has 2 aromatic carbocycles. The van der Waals surface area contributed by atoms with E-state index in [1.807, 2.05) is 30.3 Å². The number of hydrogen-bond acceptors (Lipinski definition) is 5. The highest BCUT2D eigenvalue weighted by molar-refractivity contribution is 7.18. The van der Waals surface area contributed by atoms with Gasteiger partial charge in [-0.05, 0) is 18.2 Å². The average Bonchev–Trinajstić information content (AvgIpc) is 3.23. The molecule has 0 fully saturated rings. The molecule has 7 nitrogen and oxygen atoms in total. The second-order valence-electron chi connectivity index (χ2n) is 6.29. The summed E-state index contributed by atoms with van der Waals surface area (Å²) in [5.41, 5.74) is 2.79. The van der Waals surface area contributed by atoms with E-state index in [9.17, 15) is 14.4 Å². The SMILES string of the molecule is CC(=O)c1sc(NC(=O)c2ccc3c(c2)[nH]c(=O)n3C)nc1-c1ccccc1. The van der Waals surface area contributed by atoms with E-state index in [0.29, 0.717) is 32.3 Å². The minimum atomic E-state index is -0.366. The van der Waals surface area contributed by atoms with Gasteiger partial charge in [-0.15, -0.1) is 0 Å². The van der Waals surface area contributed by atoms with Crippen LogP contribution in [0.5, 0.6) is 0 Å². The Morgan fingerprint density at radius 1 is 1.14 bits per heavy atom. The van der Waals surface area contributed by atoms with Crippen molar-refractivity contribution in [2.75, 3.05) is 5.32 Å². The number of aromatic amines is 1. The molecule has 0 spiro atoms. The Balaban J connectivity index is 1.66. The number of amides is 1. The van der Waals surface area contributed by atoms with Gasteiger partial charge in [-0.3, -0.25) is 19.5 Å². The molecule has 4 aromatic rings. The number of H-pyrrole nitrogens is 1. The second-order valence-corrected chi connectivity index (χ2v) is 7.29. The molecule has 0 aliphatic heterocycles. The fraction of sp³-hybridized carbons (Fsp3) is 0.100. The van der Waals surface area contributed by atoms with E-state index in [2.05, 4.69) is 15.3 Å². The number of hydrogen-bond donors (Lipinski definition) is 2. The number of anilines is 1. The molecular formula is C20H16N4O3S. The average molecular weight is 392 g/mol. The summed E-state index contributed by atoms with van der Waals surface area (Å²) in [6.45, 7) is 1.48. The molecular weight excluding hydrogens is 376 g/mol. The standard InChI is InChI=1S/C20H16N4O3S/c1-11(25)17-16(12-6-4-3-5-7-12)22-19(28-17)23-18(26)13-8-9-15-14(10-13)21-20(27)24(15)2/h3-10H,1-2H3,(H,21,27)(H,22,23,26). The van der Waals surface area contributed by atoms with Gasteiger partial charge in [0.05, 0.1) is 21.6 Å². The van der Waals surface area contributed by atoms with Crippen LogP contribution in [0.3, 0.4) is 0 Å². The largest absolute Gasteiger partial charge is 0.326 e. The Morgan fingerprint density at radius 3 is 2.61 bits per heavy atom. The quantitative estimate of drug-likeness (QED) is 0.520. The molecule has 0 saturated heterocycles. The number of aromatic nitrogens is 3. The maximum Gasteiger partial charge on any atom is 0.326 e. The number of rotatable bonds is 4. The van der Waals surface area contributed by atoms with Crippen molar-refractivity contribution in [3.63, 3.8) is 0 Å². The van der Waals surface area contributed by atoms with Crippen LogP contribution in [0.4, 0.5) is 5.13 Å². The van der Waals surface area contributed by atoms with Crippen molar-refractivity contribution in [1.29, 1.82) is 0 Å². The molecule has 0 bridgehead atoms. The van der Waals surface area contributed by atoms with Crippen LogP contribution in [-0.4, -0.2) is 26.2 Å². The third-order valence-electron chi connectivity index (χ3n) is 4.38. The van der Waals surface area contributed by atoms with Crippen molar-refractivity contribution in [2.45, 2.75) is 6.92 Å². The van der Waals surface area contributed by atoms with Crippen molar-refractivity contribution < 1.29 is 9.59 Å². The number of benzene rings is 2. The summed E-state index contributed by atoms with van der Waals surface area (Å²) in [4.78, 5) is 44.0. The number of ketones is 1. The molecule has 2 heterocycles. The fourth-order valence-electron chi connectivity index (χ4n) is 2.95. The summed E-state index contributed by atoms with van der Waals surface area (Å²) in [6.07, 6.45) is 0. The third-order valence-corrected chi connectivity index (χ3v) is 5.45. The number of Topliss-reactive ketones (excluding diaryl/α,β-unsaturated/α-hetero) is 1. The Labute approximate surface area is 163 Å². The normalized spacial score (nSPS) is 10.9. The van der Waals surface area contributed by atoms with Crippen LogP contribution in [0.1, 0.15) is 27.0 Å². The summed E-state index contributed by atoms with van der Waals surface area (Å²) >= 11 is 1.14. The minimum Gasteiger partial charge on any atom is -0.306 e. The first-order chi connectivity index (χ1) is 13.4. The van der Waals surface area contributed by atoms with Gasteiger partial charge in [0, 0.05) is 25.1 Å². The zero-order valence-corrected chi connectivity index (χ0v) is 16.0. The van der Waals surface area contributed by atoms with Gasteiger partial charge in [0.15, 0.2) is 10.9 Å². The van der Waals surface area contributed by atoms with Gasteiger partial charge in [0.2, 0.25) is 0 Å². The number of carbonyl (C=O) groups is 2. The van der Waals surface area contributed by atoms with E-state index in [1.54, 1.807) is 25.2 Å². The van der Waals surface area contributed by atoms with Crippen molar-refractivity contribution in [3.8, 4) is 11.3 Å². The lowest BCUT2D eigenvalue weighted by molar-refractivity contribution is 0.101. The lowest BCUT2D eigenvalue weighted by Gasteiger charge is -2.02. The number of carbonyl (C=O) groups excluding carboxylic acids is 2. The third kappa shape index (κ3) is 3.14. The lowest BCUT2D eigenvalue weighted by Crippen LogP contribution is -2.11. The molecule has 140 valence electrons. The van der Waals surface area contributed by atoms with E-state index >= 15 is 0 Å². The van der Waals surface area contributed by atoms with E-state index in [0.717, 1.165) is 16.9 Å². The first-order valence-electron chi connectivity index (χ1n) is 8.51. The van der Waals surface area contributed by atoms with E-state index < -0.39 is 0 Å². The Kier molecular flexibility index (Phi) is 4.40. The second kappa shape index (κ2) is 6.90. The monoisotopic (exact) mass is 392 g/mol. The lowest BCUT2D eigenvalue weighted by atomic mass is 10.1. The molecule has 0 aliphatic carbocycles. The van der Waals surface area contributed by atoms with Crippen LogP contribution < -0.4 is 11.0 Å². The highest BCUT2D eigenvalue weighted by atomic mass is 32.1. The smallest absolute Gasteiger partial charge is 0.306 e. The van der Waals surface area contributed by atoms with Crippen LogP contribution in [0, 0.1) is 0 Å². The van der Waals surface area contributed by atoms with Gasteiger partial charge >= 0.3 is 5.69 Å². The highest BCUT2D eigenvalue weighted by Gasteiger charge is 2.18. The molecule has 0 saturated carbocycles. The zero-order valence-electron chi connectivity index (χ0n) is 15.1. The van der Waals surface area contributed by atoms with Crippen molar-refractivity contribution >= 4 is 39.2 Å². The van der Waals surface area contributed by atoms with Crippen molar-refractivity contribution in [3.05, 3.63) is 69.5 Å². The maximum atomic E-state index is 12.6. The number of nitrogens with zero attached hydrogens (tertiary/aromatic N) is 2. The van der Waals surface area contributed by atoms with Gasteiger partial charge in [-0.25, -0.2) is 9.78 Å². The topological polar surface area (TPSA) is 96.9 Å². The van der Waals surface area contributed by atoms with Crippen LogP contribution >= 0.6 is 11.3 Å². The zero-order chi connectivity index (χ0) is 19.8. The minimum absolute atomic E-state index is 0.111. The molecule has 0 radical (unpaired) electrons. The summed E-state index contributed by atoms with van der Waals surface area (Å²) in [5, 5.41) is 3.09. The van der Waals surface area contributed by atoms with E-state index in [-0.39, 0.29) is 17.4 Å². The number of nitrogens with one attached hydrogen (secondary N) is 2. The Hall–Kier alpha value is -3.52. The molecule has 28 heavy (non-hydrogen) atoms. The van der Waals surface area contributed by atoms with Gasteiger partial charge in [0.25, 0.3) is 5.91 Å². The number of fused-ring (bicyclic) bond motifs is 1. The van der Waals surface area contributed by atoms with Crippen LogP contribution in [0.2, 0.25) is 0 Å². The number of thiazole rings is 1. The molecule has 2 aromatic heterocycles. The summed E-state index contributed by atoms with van der Waals surface area (Å²) in [5.74, 6) is -0.477. The number of imidazole rings is 1. The van der Waals surface area contributed by atoms with Crippen LogP contribution in [-0.2, 0) is 7.05 Å². The highest BCUT2D eigenvalue weighted by Crippen LogP contribution is 2.31. The van der Waals surface area contributed by atoms with Crippen molar-refractivity contribution in [2.24, 2.45) is 7.05 Å². The fourth-order valence-corrected chi connectivity index (χ4v) is 3.83. The predicted octanol–water partition coefficient (Wildman–Crippen LogP) is 3.45. The van der Waals surface area contributed by atoms with Gasteiger partial charge in [-0.2, -0.15) is 0 Å². The molecule has 0 unspecified atom stereocenters. The van der Waals surface area contributed by atoms with E-state index in [4.69, 9.17) is 0 Å². The van der Waals surface area contributed by atoms with Crippen LogP contribution in [0.15, 0.2) is 53.3 Å². The molecule has 1 amide bonds. The molecule has 8 heteroatoms. The Bertz CT molecular complexity index is 1270. The molecule has 2 N–H and O–H groups in total.